The summed E-state index contributed by atoms with van der Waals surface area (Å²) in [6, 6.07) is 0. The van der Waals surface area contributed by atoms with E-state index < -0.39 is 5.72 Å². The van der Waals surface area contributed by atoms with E-state index in [1.54, 1.807) is 12.5 Å². The summed E-state index contributed by atoms with van der Waals surface area (Å²) in [5, 5.41) is 0. The van der Waals surface area contributed by atoms with Gasteiger partial charge >= 0.3 is 0 Å². The van der Waals surface area contributed by atoms with Gasteiger partial charge in [0.1, 0.15) is 5.72 Å². The van der Waals surface area contributed by atoms with Crippen molar-refractivity contribution in [3.8, 4) is 0 Å². The predicted octanol–water partition coefficient (Wildman–Crippen LogP) is 4.05. The second-order valence-corrected chi connectivity index (χ2v) is 6.73. The van der Waals surface area contributed by atoms with Gasteiger partial charge in [0.2, 0.25) is 5.91 Å². The Morgan fingerprint density at radius 2 is 2.24 bits per heavy atom. The van der Waals surface area contributed by atoms with Crippen molar-refractivity contribution in [3.05, 3.63) is 23.3 Å². The minimum absolute atomic E-state index is 0.133. The molecule has 0 spiro atoms. The normalized spacial score (nSPS) is 29.2. The lowest BCUT2D eigenvalue weighted by molar-refractivity contribution is -0.154. The first-order valence-corrected chi connectivity index (χ1v) is 8.17. The van der Waals surface area contributed by atoms with Crippen molar-refractivity contribution in [2.75, 3.05) is 13.2 Å². The number of hydrogen-bond acceptors (Lipinski definition) is 2. The van der Waals surface area contributed by atoms with E-state index in [-0.39, 0.29) is 5.91 Å². The highest BCUT2D eigenvalue weighted by Gasteiger charge is 2.45. The molecule has 1 saturated heterocycles. The van der Waals surface area contributed by atoms with Crippen molar-refractivity contribution in [1.82, 2.24) is 4.90 Å². The second kappa shape index (κ2) is 6.78. The third-order valence-corrected chi connectivity index (χ3v) is 4.91. The van der Waals surface area contributed by atoms with Gasteiger partial charge in [-0.3, -0.25) is 4.79 Å². The van der Waals surface area contributed by atoms with Crippen LogP contribution in [0, 0.1) is 5.92 Å². The summed E-state index contributed by atoms with van der Waals surface area (Å²) in [4.78, 5) is 13.7. The van der Waals surface area contributed by atoms with Crippen LogP contribution >= 0.6 is 0 Å². The van der Waals surface area contributed by atoms with Gasteiger partial charge in [0.05, 0.1) is 6.61 Å². The van der Waals surface area contributed by atoms with Crippen LogP contribution in [-0.4, -0.2) is 29.7 Å². The highest BCUT2D eigenvalue weighted by Crippen LogP contribution is 2.40. The van der Waals surface area contributed by atoms with Gasteiger partial charge in [0, 0.05) is 19.4 Å². The van der Waals surface area contributed by atoms with E-state index in [1.165, 1.54) is 12.0 Å². The zero-order chi connectivity index (χ0) is 15.5. The van der Waals surface area contributed by atoms with E-state index >= 15 is 0 Å². The molecule has 0 N–H and O–H groups in total. The number of allylic oxidation sites excluding steroid dienone is 4. The monoisotopic (exact) mass is 291 g/mol. The van der Waals surface area contributed by atoms with Crippen LogP contribution in [0.5, 0.6) is 0 Å². The molecule has 0 aromatic rings. The largest absolute Gasteiger partial charge is 0.354 e. The SMILES string of the molecule is CC(=O)N1CCOC1(C)C1CC=C(CCC=C(C)C)CC1. The van der Waals surface area contributed by atoms with Gasteiger partial charge in [-0.15, -0.1) is 0 Å². The van der Waals surface area contributed by atoms with Crippen LogP contribution < -0.4 is 0 Å². The maximum Gasteiger partial charge on any atom is 0.221 e. The van der Waals surface area contributed by atoms with Crippen molar-refractivity contribution < 1.29 is 9.53 Å². The van der Waals surface area contributed by atoms with Gasteiger partial charge in [-0.2, -0.15) is 0 Å². The molecule has 0 aromatic heterocycles. The Hall–Kier alpha value is -1.09. The van der Waals surface area contributed by atoms with Crippen LogP contribution in [0.4, 0.5) is 0 Å². The molecular formula is C18H29NO2. The second-order valence-electron chi connectivity index (χ2n) is 6.73. The fourth-order valence-corrected chi connectivity index (χ4v) is 3.60. The highest BCUT2D eigenvalue weighted by molar-refractivity contribution is 5.74. The van der Waals surface area contributed by atoms with E-state index in [4.69, 9.17) is 4.74 Å². The minimum Gasteiger partial charge on any atom is -0.354 e. The molecule has 1 amide bonds. The van der Waals surface area contributed by atoms with Crippen molar-refractivity contribution in [1.29, 1.82) is 0 Å². The summed E-state index contributed by atoms with van der Waals surface area (Å²) in [6.45, 7) is 9.45. The van der Waals surface area contributed by atoms with Crippen LogP contribution in [0.1, 0.15) is 59.8 Å². The van der Waals surface area contributed by atoms with Crippen LogP contribution in [0.25, 0.3) is 0 Å². The van der Waals surface area contributed by atoms with Gasteiger partial charge in [0.15, 0.2) is 0 Å². The number of carbonyl (C=O) groups excluding carboxylic acids is 1. The van der Waals surface area contributed by atoms with Crippen molar-refractivity contribution in [2.24, 2.45) is 5.92 Å². The van der Waals surface area contributed by atoms with Crippen LogP contribution in [0.2, 0.25) is 0 Å². The lowest BCUT2D eigenvalue weighted by Gasteiger charge is -2.41. The highest BCUT2D eigenvalue weighted by atomic mass is 16.5. The van der Waals surface area contributed by atoms with E-state index in [9.17, 15) is 4.79 Å². The molecule has 2 atom stereocenters. The Morgan fingerprint density at radius 1 is 1.48 bits per heavy atom. The fraction of sp³-hybridized carbons (Fsp3) is 0.722. The van der Waals surface area contributed by atoms with Gasteiger partial charge in [-0.25, -0.2) is 0 Å². The Morgan fingerprint density at radius 3 is 2.81 bits per heavy atom. The van der Waals surface area contributed by atoms with Gasteiger partial charge < -0.3 is 9.64 Å². The summed E-state index contributed by atoms with van der Waals surface area (Å²) in [5.74, 6) is 0.560. The summed E-state index contributed by atoms with van der Waals surface area (Å²) in [7, 11) is 0. The third-order valence-electron chi connectivity index (χ3n) is 4.91. The molecule has 118 valence electrons. The average molecular weight is 291 g/mol. The molecular weight excluding hydrogens is 262 g/mol. The number of amides is 1. The first-order chi connectivity index (χ1) is 9.93. The molecule has 3 heteroatoms. The number of ether oxygens (including phenoxy) is 1. The first-order valence-electron chi connectivity index (χ1n) is 8.17. The molecule has 2 unspecified atom stereocenters. The van der Waals surface area contributed by atoms with E-state index in [2.05, 4.69) is 32.9 Å². The molecule has 2 rings (SSSR count). The first kappa shape index (κ1) is 16.3. The number of nitrogens with zero attached hydrogens (tertiary/aromatic N) is 1. The van der Waals surface area contributed by atoms with Gasteiger partial charge in [0.25, 0.3) is 0 Å². The Balaban J connectivity index is 1.95. The summed E-state index contributed by atoms with van der Waals surface area (Å²) in [6.07, 6.45) is 10.3. The summed E-state index contributed by atoms with van der Waals surface area (Å²) < 4.78 is 5.97. The minimum atomic E-state index is -0.395. The molecule has 1 aliphatic heterocycles. The molecule has 0 radical (unpaired) electrons. The quantitative estimate of drug-likeness (QED) is 0.731. The van der Waals surface area contributed by atoms with Crippen LogP contribution in [-0.2, 0) is 9.53 Å². The molecule has 1 aliphatic carbocycles. The Labute approximate surface area is 129 Å². The smallest absolute Gasteiger partial charge is 0.221 e. The summed E-state index contributed by atoms with van der Waals surface area (Å²) in [5.41, 5.74) is 2.57. The lowest BCUT2D eigenvalue weighted by atomic mass is 9.81. The molecule has 0 aromatic carbocycles. The van der Waals surface area contributed by atoms with Crippen molar-refractivity contribution >= 4 is 5.91 Å². The lowest BCUT2D eigenvalue weighted by Crippen LogP contribution is -2.50. The van der Waals surface area contributed by atoms with E-state index in [1.807, 2.05) is 4.90 Å². The predicted molar refractivity (Wildman–Crippen MR) is 85.8 cm³/mol. The van der Waals surface area contributed by atoms with Crippen LogP contribution in [0.3, 0.4) is 0 Å². The zero-order valence-corrected chi connectivity index (χ0v) is 13.9. The zero-order valence-electron chi connectivity index (χ0n) is 13.9. The fourth-order valence-electron chi connectivity index (χ4n) is 3.60. The molecule has 21 heavy (non-hydrogen) atoms. The number of hydrogen-bond donors (Lipinski definition) is 0. The molecule has 0 saturated carbocycles. The Bertz CT molecular complexity index is 448. The third kappa shape index (κ3) is 3.76. The molecule has 3 nitrogen and oxygen atoms in total. The van der Waals surface area contributed by atoms with E-state index in [0.29, 0.717) is 12.5 Å². The molecule has 2 aliphatic rings. The number of rotatable bonds is 4. The average Bonchev–Trinajstić information content (AvgIpc) is 2.82. The standard InChI is InChI=1S/C18H29NO2/c1-14(2)6-5-7-16-8-10-17(11-9-16)18(4)19(15(3)20)12-13-21-18/h6,8,17H,5,7,9-13H2,1-4H3. The number of carbonyl (C=O) groups is 1. The van der Waals surface area contributed by atoms with Crippen molar-refractivity contribution in [2.45, 2.75) is 65.5 Å². The topological polar surface area (TPSA) is 29.5 Å². The van der Waals surface area contributed by atoms with Crippen molar-refractivity contribution in [3.63, 3.8) is 0 Å². The molecule has 1 fully saturated rings. The summed E-state index contributed by atoms with van der Waals surface area (Å²) >= 11 is 0. The van der Waals surface area contributed by atoms with Crippen LogP contribution in [0.15, 0.2) is 23.3 Å². The molecule has 0 bridgehead atoms. The Kier molecular flexibility index (Phi) is 5.26. The maximum absolute atomic E-state index is 11.8. The van der Waals surface area contributed by atoms with E-state index in [0.717, 1.165) is 32.2 Å². The van der Waals surface area contributed by atoms with Gasteiger partial charge in [-0.05, 0) is 52.9 Å². The van der Waals surface area contributed by atoms with Gasteiger partial charge in [-0.1, -0.05) is 23.3 Å². The molecule has 1 heterocycles. The maximum atomic E-state index is 11.8.